The number of rotatable bonds is 10. The Morgan fingerprint density at radius 2 is 1.84 bits per heavy atom. The van der Waals surface area contributed by atoms with Gasteiger partial charge in [0.05, 0.1) is 6.61 Å². The van der Waals surface area contributed by atoms with E-state index in [1.165, 1.54) is 18.4 Å². The van der Waals surface area contributed by atoms with Gasteiger partial charge in [-0.1, -0.05) is 49.2 Å². The van der Waals surface area contributed by atoms with Crippen LogP contribution < -0.4 is 0 Å². The molecule has 5 nitrogen and oxygen atoms in total. The van der Waals surface area contributed by atoms with Crippen molar-refractivity contribution in [3.05, 3.63) is 66.0 Å². The number of benzene rings is 1. The zero-order valence-electron chi connectivity index (χ0n) is 19.0. The molecule has 2 aliphatic rings. The van der Waals surface area contributed by atoms with Crippen molar-refractivity contribution < 1.29 is 14.6 Å². The Labute approximate surface area is 191 Å². The molecule has 1 aliphatic carbocycles. The highest BCUT2D eigenvalue weighted by Crippen LogP contribution is 2.41. The molecule has 0 bridgehead atoms. The maximum Gasteiger partial charge on any atom is 0.343 e. The number of aliphatic hydroxyl groups is 1. The van der Waals surface area contributed by atoms with Crippen LogP contribution in [0.4, 0.5) is 0 Å². The van der Waals surface area contributed by atoms with Gasteiger partial charge in [0.25, 0.3) is 0 Å². The highest BCUT2D eigenvalue weighted by atomic mass is 16.5. The molecule has 1 N–H and O–H groups in total. The maximum atomic E-state index is 13.2. The van der Waals surface area contributed by atoms with Crippen molar-refractivity contribution in [2.75, 3.05) is 26.2 Å². The lowest BCUT2D eigenvalue weighted by Gasteiger charge is -2.32. The molecule has 1 aromatic heterocycles. The third-order valence-corrected chi connectivity index (χ3v) is 7.19. The lowest BCUT2D eigenvalue weighted by molar-refractivity contribution is -0.174. The maximum absolute atomic E-state index is 13.2. The first-order chi connectivity index (χ1) is 15.7. The fourth-order valence-electron chi connectivity index (χ4n) is 5.42. The summed E-state index contributed by atoms with van der Waals surface area (Å²) in [7, 11) is 0. The van der Waals surface area contributed by atoms with Gasteiger partial charge in [-0.15, -0.1) is 0 Å². The largest absolute Gasteiger partial charge is 0.463 e. The topological polar surface area (TPSA) is 62.7 Å². The number of pyridine rings is 1. The molecular formula is C27H36N2O3. The van der Waals surface area contributed by atoms with Crippen LogP contribution in [-0.2, 0) is 21.6 Å². The van der Waals surface area contributed by atoms with Crippen LogP contribution in [0.25, 0.3) is 0 Å². The molecule has 32 heavy (non-hydrogen) atoms. The Morgan fingerprint density at radius 3 is 2.53 bits per heavy atom. The average Bonchev–Trinajstić information content (AvgIpc) is 3.54. The second-order valence-electron chi connectivity index (χ2n) is 9.48. The van der Waals surface area contributed by atoms with Gasteiger partial charge < -0.3 is 14.7 Å². The van der Waals surface area contributed by atoms with Gasteiger partial charge in [0.2, 0.25) is 0 Å². The molecular weight excluding hydrogens is 400 g/mol. The van der Waals surface area contributed by atoms with Crippen molar-refractivity contribution in [2.45, 2.75) is 57.0 Å². The van der Waals surface area contributed by atoms with Crippen LogP contribution in [0.1, 0.15) is 56.1 Å². The summed E-state index contributed by atoms with van der Waals surface area (Å²) >= 11 is 0. The van der Waals surface area contributed by atoms with Gasteiger partial charge in [-0.05, 0) is 74.7 Å². The van der Waals surface area contributed by atoms with E-state index in [2.05, 4.69) is 16.0 Å². The molecule has 2 fully saturated rings. The van der Waals surface area contributed by atoms with Crippen LogP contribution in [0.15, 0.2) is 54.9 Å². The normalized spacial score (nSPS) is 20.2. The van der Waals surface area contributed by atoms with E-state index in [-0.39, 0.29) is 5.92 Å². The van der Waals surface area contributed by atoms with E-state index in [9.17, 15) is 9.90 Å². The number of carbonyl (C=O) groups is 1. The highest BCUT2D eigenvalue weighted by Gasteiger charge is 2.47. The Balaban J connectivity index is 1.40. The molecule has 2 aromatic rings. The number of hydrogen-bond donors (Lipinski definition) is 1. The number of nitrogens with zero attached hydrogens (tertiary/aromatic N) is 2. The molecule has 0 spiro atoms. The van der Waals surface area contributed by atoms with Gasteiger partial charge in [0, 0.05) is 24.9 Å². The minimum Gasteiger partial charge on any atom is -0.463 e. The number of carbonyl (C=O) groups excluding carboxylic acids is 1. The standard InChI is InChI=1S/C27H36N2O3/c30-26(27(31,25-12-4-5-13-25)24-10-2-1-3-11-24)32-18-14-23(21-29-16-6-7-17-29)19-22-9-8-15-28-20-22/h1-3,8-11,15,20,23,25,31H,4-7,12-14,16-19,21H2/t23-,27?/m0/s1. The van der Waals surface area contributed by atoms with Crippen molar-refractivity contribution in [3.8, 4) is 0 Å². The Hall–Kier alpha value is -2.24. The number of likely N-dealkylation sites (tertiary alicyclic amines) is 1. The predicted molar refractivity (Wildman–Crippen MR) is 125 cm³/mol. The summed E-state index contributed by atoms with van der Waals surface area (Å²) < 4.78 is 5.78. The summed E-state index contributed by atoms with van der Waals surface area (Å²) in [4.78, 5) is 20.0. The van der Waals surface area contributed by atoms with E-state index >= 15 is 0 Å². The molecule has 1 unspecified atom stereocenters. The van der Waals surface area contributed by atoms with Crippen molar-refractivity contribution in [1.29, 1.82) is 0 Å². The smallest absolute Gasteiger partial charge is 0.343 e. The number of aromatic nitrogens is 1. The van der Waals surface area contributed by atoms with Gasteiger partial charge in [-0.25, -0.2) is 4.79 Å². The monoisotopic (exact) mass is 436 g/mol. The molecule has 2 atom stereocenters. The molecule has 4 rings (SSSR count). The van der Waals surface area contributed by atoms with Crippen molar-refractivity contribution in [2.24, 2.45) is 11.8 Å². The van der Waals surface area contributed by atoms with Crippen molar-refractivity contribution in [3.63, 3.8) is 0 Å². The quantitative estimate of drug-likeness (QED) is 0.561. The lowest BCUT2D eigenvalue weighted by atomic mass is 9.80. The highest BCUT2D eigenvalue weighted by molar-refractivity contribution is 5.81. The Bertz CT molecular complexity index is 832. The van der Waals surface area contributed by atoms with E-state index in [0.717, 1.165) is 58.2 Å². The first-order valence-electron chi connectivity index (χ1n) is 12.2. The molecule has 172 valence electrons. The third-order valence-electron chi connectivity index (χ3n) is 7.19. The van der Waals surface area contributed by atoms with E-state index in [1.54, 1.807) is 6.20 Å². The zero-order chi connectivity index (χ0) is 22.2. The second kappa shape index (κ2) is 11.1. The van der Waals surface area contributed by atoms with Gasteiger partial charge in [-0.2, -0.15) is 0 Å². The van der Waals surface area contributed by atoms with Gasteiger partial charge in [-0.3, -0.25) is 4.98 Å². The van der Waals surface area contributed by atoms with Crippen LogP contribution in [0.3, 0.4) is 0 Å². The van der Waals surface area contributed by atoms with E-state index < -0.39 is 11.6 Å². The van der Waals surface area contributed by atoms with E-state index in [1.807, 2.05) is 42.6 Å². The van der Waals surface area contributed by atoms with Crippen molar-refractivity contribution >= 4 is 5.97 Å². The van der Waals surface area contributed by atoms with Crippen LogP contribution >= 0.6 is 0 Å². The first-order valence-corrected chi connectivity index (χ1v) is 12.2. The van der Waals surface area contributed by atoms with Crippen LogP contribution in [0.2, 0.25) is 0 Å². The molecule has 1 aliphatic heterocycles. The molecule has 0 amide bonds. The fourth-order valence-corrected chi connectivity index (χ4v) is 5.42. The zero-order valence-corrected chi connectivity index (χ0v) is 19.0. The molecule has 1 saturated carbocycles. The summed E-state index contributed by atoms with van der Waals surface area (Å²) in [6.07, 6.45) is 11.8. The van der Waals surface area contributed by atoms with Gasteiger partial charge in [0.1, 0.15) is 0 Å². The molecule has 0 radical (unpaired) electrons. The number of ether oxygens (including phenoxy) is 1. The van der Waals surface area contributed by atoms with E-state index in [0.29, 0.717) is 18.1 Å². The van der Waals surface area contributed by atoms with Crippen LogP contribution in [0, 0.1) is 11.8 Å². The molecule has 1 saturated heterocycles. The predicted octanol–water partition coefficient (Wildman–Crippen LogP) is 4.35. The number of esters is 1. The number of hydrogen-bond acceptors (Lipinski definition) is 5. The first kappa shape index (κ1) is 22.9. The minimum absolute atomic E-state index is 0.0757. The molecule has 2 heterocycles. The molecule has 5 heteroatoms. The third kappa shape index (κ3) is 5.57. The van der Waals surface area contributed by atoms with Crippen molar-refractivity contribution in [1.82, 2.24) is 9.88 Å². The van der Waals surface area contributed by atoms with Gasteiger partial charge >= 0.3 is 5.97 Å². The summed E-state index contributed by atoms with van der Waals surface area (Å²) in [5.41, 5.74) is 0.321. The van der Waals surface area contributed by atoms with E-state index in [4.69, 9.17) is 4.74 Å². The second-order valence-corrected chi connectivity index (χ2v) is 9.48. The lowest BCUT2D eigenvalue weighted by Crippen LogP contribution is -2.43. The summed E-state index contributed by atoms with van der Waals surface area (Å²) in [6, 6.07) is 13.4. The Kier molecular flexibility index (Phi) is 7.93. The summed E-state index contributed by atoms with van der Waals surface area (Å²) in [5.74, 6) is -0.175. The SMILES string of the molecule is O=C(OCC[C@@H](Cc1cccnc1)CN1CCCC1)C(O)(c1ccccc1)C1CCCC1. The summed E-state index contributed by atoms with van der Waals surface area (Å²) in [6.45, 7) is 3.65. The molecule has 1 aromatic carbocycles. The Morgan fingerprint density at radius 1 is 1.09 bits per heavy atom. The van der Waals surface area contributed by atoms with Crippen LogP contribution in [-0.4, -0.2) is 47.2 Å². The summed E-state index contributed by atoms with van der Waals surface area (Å²) in [5, 5.41) is 11.6. The fraction of sp³-hybridized carbons (Fsp3) is 0.556. The van der Waals surface area contributed by atoms with Gasteiger partial charge in [0.15, 0.2) is 5.60 Å². The average molecular weight is 437 g/mol. The van der Waals surface area contributed by atoms with Crippen LogP contribution in [0.5, 0.6) is 0 Å². The minimum atomic E-state index is -1.55.